The molecule has 30 heavy (non-hydrogen) atoms. The van der Waals surface area contributed by atoms with E-state index in [2.05, 4.69) is 20.5 Å². The minimum Gasteiger partial charge on any atom is -0.352 e. The van der Waals surface area contributed by atoms with Crippen LogP contribution < -0.4 is 10.6 Å². The molecule has 6 nitrogen and oxygen atoms in total. The third-order valence-electron chi connectivity index (χ3n) is 5.58. The predicted octanol–water partition coefficient (Wildman–Crippen LogP) is 3.20. The van der Waals surface area contributed by atoms with Crippen LogP contribution in [-0.2, 0) is 16.1 Å². The van der Waals surface area contributed by atoms with Crippen LogP contribution in [-0.4, -0.2) is 41.3 Å². The topological polar surface area (TPSA) is 74.3 Å². The second kappa shape index (κ2) is 9.50. The van der Waals surface area contributed by atoms with E-state index in [1.807, 2.05) is 54.6 Å². The molecule has 2 aromatic carbocycles. The van der Waals surface area contributed by atoms with Crippen molar-refractivity contribution in [3.8, 4) is 0 Å². The fourth-order valence-electron chi connectivity index (χ4n) is 3.92. The summed E-state index contributed by atoms with van der Waals surface area (Å²) in [6.07, 6.45) is 5.01. The first-order chi connectivity index (χ1) is 14.7. The van der Waals surface area contributed by atoms with Gasteiger partial charge in [-0.25, -0.2) is 0 Å². The van der Waals surface area contributed by atoms with Crippen LogP contribution in [0.4, 0.5) is 5.69 Å². The third-order valence-corrected chi connectivity index (χ3v) is 5.58. The molecule has 1 fully saturated rings. The molecule has 1 aliphatic heterocycles. The average Bonchev–Trinajstić information content (AvgIpc) is 2.79. The molecule has 1 aliphatic rings. The summed E-state index contributed by atoms with van der Waals surface area (Å²) in [5, 5.41) is 8.18. The number of nitrogens with one attached hydrogen (secondary N) is 2. The van der Waals surface area contributed by atoms with E-state index in [9.17, 15) is 9.59 Å². The SMILES string of the molecule is O=C(CN1CCC(C(=O)NCc2cccnc2)CC1)Nc1cccc2ccccc12. The Morgan fingerprint density at radius 3 is 2.60 bits per heavy atom. The molecule has 0 unspecified atom stereocenters. The number of amides is 2. The number of fused-ring (bicyclic) bond motifs is 1. The van der Waals surface area contributed by atoms with Crippen molar-refractivity contribution in [1.29, 1.82) is 0 Å². The van der Waals surface area contributed by atoms with Gasteiger partial charge in [0.2, 0.25) is 11.8 Å². The maximum atomic E-state index is 12.6. The largest absolute Gasteiger partial charge is 0.352 e. The van der Waals surface area contributed by atoms with E-state index >= 15 is 0 Å². The molecule has 4 rings (SSSR count). The number of likely N-dealkylation sites (tertiary alicyclic amines) is 1. The molecule has 0 spiro atoms. The van der Waals surface area contributed by atoms with Crippen molar-refractivity contribution in [2.45, 2.75) is 19.4 Å². The molecular formula is C24H26N4O2. The number of anilines is 1. The number of carbonyl (C=O) groups excluding carboxylic acids is 2. The Bertz CT molecular complexity index is 1010. The standard InChI is InChI=1S/C24H26N4O2/c29-23(27-22-9-3-7-19-6-1-2-8-21(19)22)17-28-13-10-20(11-14-28)24(30)26-16-18-5-4-12-25-15-18/h1-9,12,15,20H,10-11,13-14,16-17H2,(H,26,30)(H,27,29). The number of carbonyl (C=O) groups is 2. The lowest BCUT2D eigenvalue weighted by molar-refractivity contribution is -0.126. The zero-order chi connectivity index (χ0) is 20.8. The molecule has 2 N–H and O–H groups in total. The molecule has 0 radical (unpaired) electrons. The van der Waals surface area contributed by atoms with Crippen molar-refractivity contribution >= 4 is 28.3 Å². The van der Waals surface area contributed by atoms with Gasteiger partial charge in [-0.1, -0.05) is 42.5 Å². The lowest BCUT2D eigenvalue weighted by atomic mass is 9.96. The lowest BCUT2D eigenvalue weighted by Crippen LogP contribution is -2.43. The molecule has 0 atom stereocenters. The van der Waals surface area contributed by atoms with Gasteiger partial charge >= 0.3 is 0 Å². The van der Waals surface area contributed by atoms with Gasteiger partial charge in [-0.3, -0.25) is 19.5 Å². The molecule has 0 saturated carbocycles. The van der Waals surface area contributed by atoms with E-state index in [0.717, 1.165) is 48.0 Å². The van der Waals surface area contributed by atoms with Gasteiger partial charge in [0.25, 0.3) is 0 Å². The highest BCUT2D eigenvalue weighted by molar-refractivity contribution is 6.02. The van der Waals surface area contributed by atoms with Crippen LogP contribution in [0.2, 0.25) is 0 Å². The van der Waals surface area contributed by atoms with Crippen LogP contribution in [0, 0.1) is 5.92 Å². The molecule has 154 valence electrons. The molecule has 1 saturated heterocycles. The van der Waals surface area contributed by atoms with Gasteiger partial charge in [-0.05, 0) is 49.0 Å². The Balaban J connectivity index is 1.24. The summed E-state index contributed by atoms with van der Waals surface area (Å²) in [6, 6.07) is 17.7. The van der Waals surface area contributed by atoms with Gasteiger partial charge < -0.3 is 10.6 Å². The molecule has 6 heteroatoms. The first-order valence-electron chi connectivity index (χ1n) is 10.4. The zero-order valence-corrected chi connectivity index (χ0v) is 16.9. The van der Waals surface area contributed by atoms with Gasteiger partial charge in [0.15, 0.2) is 0 Å². The van der Waals surface area contributed by atoms with Crippen molar-refractivity contribution in [3.05, 3.63) is 72.6 Å². The second-order valence-electron chi connectivity index (χ2n) is 7.70. The maximum absolute atomic E-state index is 12.6. The second-order valence-corrected chi connectivity index (χ2v) is 7.70. The van der Waals surface area contributed by atoms with Gasteiger partial charge in [0, 0.05) is 35.9 Å². The zero-order valence-electron chi connectivity index (χ0n) is 16.9. The number of hydrogen-bond acceptors (Lipinski definition) is 4. The van der Waals surface area contributed by atoms with Gasteiger partial charge in [-0.15, -0.1) is 0 Å². The van der Waals surface area contributed by atoms with Crippen LogP contribution in [0.15, 0.2) is 67.0 Å². The number of piperidine rings is 1. The fourth-order valence-corrected chi connectivity index (χ4v) is 3.92. The minimum atomic E-state index is -0.0224. The summed E-state index contributed by atoms with van der Waals surface area (Å²) in [7, 11) is 0. The van der Waals surface area contributed by atoms with Crippen LogP contribution in [0.3, 0.4) is 0 Å². The highest BCUT2D eigenvalue weighted by Gasteiger charge is 2.25. The molecule has 1 aromatic heterocycles. The van der Waals surface area contributed by atoms with E-state index in [0.29, 0.717) is 13.1 Å². The summed E-state index contributed by atoms with van der Waals surface area (Å²) in [5.74, 6) is 0.0589. The van der Waals surface area contributed by atoms with Crippen LogP contribution >= 0.6 is 0 Å². The van der Waals surface area contributed by atoms with Crippen molar-refractivity contribution in [1.82, 2.24) is 15.2 Å². The average molecular weight is 402 g/mol. The maximum Gasteiger partial charge on any atom is 0.238 e. The normalized spacial score (nSPS) is 15.1. The van der Waals surface area contributed by atoms with Crippen molar-refractivity contribution in [2.75, 3.05) is 25.0 Å². The van der Waals surface area contributed by atoms with Gasteiger partial charge in [-0.2, -0.15) is 0 Å². The van der Waals surface area contributed by atoms with E-state index in [-0.39, 0.29) is 17.7 Å². The molecule has 2 heterocycles. The quantitative estimate of drug-likeness (QED) is 0.664. The van der Waals surface area contributed by atoms with Crippen molar-refractivity contribution < 1.29 is 9.59 Å². The summed E-state index contributed by atoms with van der Waals surface area (Å²) >= 11 is 0. The van der Waals surface area contributed by atoms with E-state index < -0.39 is 0 Å². The minimum absolute atomic E-state index is 0.000880. The Hall–Kier alpha value is -3.25. The van der Waals surface area contributed by atoms with Gasteiger partial charge in [0.1, 0.15) is 0 Å². The van der Waals surface area contributed by atoms with E-state index in [1.165, 1.54) is 0 Å². The summed E-state index contributed by atoms with van der Waals surface area (Å²) in [6.45, 7) is 2.33. The number of hydrogen-bond donors (Lipinski definition) is 2. The smallest absolute Gasteiger partial charge is 0.238 e. The third kappa shape index (κ3) is 5.02. The van der Waals surface area contributed by atoms with Crippen LogP contribution in [0.5, 0.6) is 0 Å². The van der Waals surface area contributed by atoms with E-state index in [4.69, 9.17) is 0 Å². The summed E-state index contributed by atoms with van der Waals surface area (Å²) < 4.78 is 0. The molecular weight excluding hydrogens is 376 g/mol. The number of rotatable bonds is 6. The van der Waals surface area contributed by atoms with Crippen molar-refractivity contribution in [3.63, 3.8) is 0 Å². The first-order valence-corrected chi connectivity index (χ1v) is 10.4. The Morgan fingerprint density at radius 2 is 1.80 bits per heavy atom. The van der Waals surface area contributed by atoms with Crippen molar-refractivity contribution in [2.24, 2.45) is 5.92 Å². The molecule has 0 aliphatic carbocycles. The number of nitrogens with zero attached hydrogens (tertiary/aromatic N) is 2. The monoisotopic (exact) mass is 402 g/mol. The summed E-state index contributed by atoms with van der Waals surface area (Å²) in [5.41, 5.74) is 1.83. The predicted molar refractivity (Wildman–Crippen MR) is 118 cm³/mol. The highest BCUT2D eigenvalue weighted by Crippen LogP contribution is 2.23. The Kier molecular flexibility index (Phi) is 6.35. The van der Waals surface area contributed by atoms with E-state index in [1.54, 1.807) is 12.4 Å². The van der Waals surface area contributed by atoms with Gasteiger partial charge in [0.05, 0.1) is 6.54 Å². The van der Waals surface area contributed by atoms with Crippen LogP contribution in [0.25, 0.3) is 10.8 Å². The first kappa shape index (κ1) is 20.0. The Morgan fingerprint density at radius 1 is 1.00 bits per heavy atom. The molecule has 3 aromatic rings. The summed E-state index contributed by atoms with van der Waals surface area (Å²) in [4.78, 5) is 31.2. The Labute approximate surface area is 176 Å². The molecule has 2 amide bonds. The highest BCUT2D eigenvalue weighted by atomic mass is 16.2. The number of aromatic nitrogens is 1. The van der Waals surface area contributed by atoms with Crippen LogP contribution in [0.1, 0.15) is 18.4 Å². The fraction of sp³-hybridized carbons (Fsp3) is 0.292. The molecule has 0 bridgehead atoms. The number of pyridine rings is 1. The lowest BCUT2D eigenvalue weighted by Gasteiger charge is -2.30. The number of benzene rings is 2.